The molecule has 17 heavy (non-hydrogen) atoms. The summed E-state index contributed by atoms with van der Waals surface area (Å²) in [6, 6.07) is 0. The van der Waals surface area contributed by atoms with Gasteiger partial charge in [-0.15, -0.1) is 0 Å². The van der Waals surface area contributed by atoms with Crippen LogP contribution in [0.4, 0.5) is 0 Å². The van der Waals surface area contributed by atoms with Crippen molar-refractivity contribution in [2.45, 2.75) is 39.0 Å². The number of allylic oxidation sites excluding steroid dienone is 1. The van der Waals surface area contributed by atoms with E-state index in [4.69, 9.17) is 4.74 Å². The molecule has 0 spiro atoms. The Morgan fingerprint density at radius 1 is 1.59 bits per heavy atom. The zero-order valence-electron chi connectivity index (χ0n) is 10.1. The lowest BCUT2D eigenvalue weighted by Gasteiger charge is -2.27. The summed E-state index contributed by atoms with van der Waals surface area (Å²) in [5.74, 6) is -0.783. The van der Waals surface area contributed by atoms with Gasteiger partial charge in [0.15, 0.2) is 0 Å². The normalized spacial score (nSPS) is 33.7. The molecule has 2 aliphatic rings. The van der Waals surface area contributed by atoms with Crippen LogP contribution in [0.5, 0.6) is 0 Å². The summed E-state index contributed by atoms with van der Waals surface area (Å²) in [7, 11) is 0. The summed E-state index contributed by atoms with van der Waals surface area (Å²) >= 11 is 0. The molecule has 2 atom stereocenters. The molecule has 2 fully saturated rings. The van der Waals surface area contributed by atoms with Crippen molar-refractivity contribution in [2.75, 3.05) is 6.61 Å². The Hall–Kier alpha value is -1.32. The second-order valence-corrected chi connectivity index (χ2v) is 5.03. The first-order chi connectivity index (χ1) is 8.07. The summed E-state index contributed by atoms with van der Waals surface area (Å²) in [5.41, 5.74) is 0.365. The van der Waals surface area contributed by atoms with Crippen molar-refractivity contribution in [1.29, 1.82) is 0 Å². The Morgan fingerprint density at radius 2 is 2.35 bits per heavy atom. The first-order valence-electron chi connectivity index (χ1n) is 6.18. The molecule has 0 aromatic rings. The molecule has 2 unspecified atom stereocenters. The summed E-state index contributed by atoms with van der Waals surface area (Å²) in [5, 5.41) is 9.33. The minimum atomic E-state index is -0.713. The highest BCUT2D eigenvalue weighted by Crippen LogP contribution is 2.54. The number of hydrogen-bond acceptors (Lipinski definition) is 3. The standard InChI is InChI=1S/C13H18O4/c1-2-17-11(14)6-10-8-13(12(15)16)5-3-4-9(10)7-13/h6,9H,2-5,7-8H2,1H3,(H,15,16). The molecule has 0 heterocycles. The fourth-order valence-corrected chi connectivity index (χ4v) is 3.15. The minimum absolute atomic E-state index is 0.268. The summed E-state index contributed by atoms with van der Waals surface area (Å²) in [6.45, 7) is 2.12. The third-order valence-corrected chi connectivity index (χ3v) is 3.96. The van der Waals surface area contributed by atoms with Crippen molar-refractivity contribution in [3.05, 3.63) is 11.6 Å². The highest BCUT2D eigenvalue weighted by molar-refractivity contribution is 5.84. The summed E-state index contributed by atoms with van der Waals surface area (Å²) < 4.78 is 4.88. The molecular weight excluding hydrogens is 220 g/mol. The summed E-state index contributed by atoms with van der Waals surface area (Å²) in [6.07, 6.45) is 5.40. The van der Waals surface area contributed by atoms with Crippen molar-refractivity contribution in [2.24, 2.45) is 11.3 Å². The van der Waals surface area contributed by atoms with Gasteiger partial charge < -0.3 is 9.84 Å². The molecule has 0 amide bonds. The highest BCUT2D eigenvalue weighted by atomic mass is 16.5. The molecule has 2 rings (SSSR count). The molecule has 0 aromatic heterocycles. The van der Waals surface area contributed by atoms with E-state index in [2.05, 4.69) is 0 Å². The van der Waals surface area contributed by atoms with Crippen LogP contribution in [0.25, 0.3) is 0 Å². The first-order valence-corrected chi connectivity index (χ1v) is 6.18. The smallest absolute Gasteiger partial charge is 0.330 e. The molecule has 2 aliphatic carbocycles. The predicted octanol–water partition coefficient (Wildman–Crippen LogP) is 2.14. The third kappa shape index (κ3) is 2.21. The molecule has 94 valence electrons. The van der Waals surface area contributed by atoms with Gasteiger partial charge in [0.1, 0.15) is 0 Å². The quantitative estimate of drug-likeness (QED) is 0.604. The Balaban J connectivity index is 2.17. The van der Waals surface area contributed by atoms with Gasteiger partial charge in [-0.05, 0) is 38.5 Å². The number of carboxylic acid groups (broad SMARTS) is 1. The van der Waals surface area contributed by atoms with Gasteiger partial charge in [-0.2, -0.15) is 0 Å². The number of carboxylic acids is 1. The van der Waals surface area contributed by atoms with Gasteiger partial charge in [-0.1, -0.05) is 12.0 Å². The van der Waals surface area contributed by atoms with E-state index in [1.807, 2.05) is 0 Å². The maximum absolute atomic E-state index is 11.4. The highest BCUT2D eigenvalue weighted by Gasteiger charge is 2.50. The van der Waals surface area contributed by atoms with Crippen LogP contribution in [0.1, 0.15) is 39.0 Å². The van der Waals surface area contributed by atoms with Gasteiger partial charge in [0.05, 0.1) is 12.0 Å². The molecule has 4 nitrogen and oxygen atoms in total. The Kier molecular flexibility index (Phi) is 3.22. The van der Waals surface area contributed by atoms with Crippen LogP contribution in [-0.4, -0.2) is 23.7 Å². The zero-order valence-corrected chi connectivity index (χ0v) is 10.1. The average Bonchev–Trinajstić information content (AvgIpc) is 2.52. The van der Waals surface area contributed by atoms with Gasteiger partial charge in [-0.25, -0.2) is 4.79 Å². The number of fused-ring (bicyclic) bond motifs is 2. The molecule has 0 saturated heterocycles. The Labute approximate surface area is 101 Å². The molecule has 0 aliphatic heterocycles. The van der Waals surface area contributed by atoms with Crippen LogP contribution < -0.4 is 0 Å². The van der Waals surface area contributed by atoms with E-state index in [9.17, 15) is 14.7 Å². The number of hydrogen-bond donors (Lipinski definition) is 1. The lowest BCUT2D eigenvalue weighted by atomic mass is 9.76. The van der Waals surface area contributed by atoms with E-state index in [1.54, 1.807) is 6.92 Å². The number of carbonyl (C=O) groups is 2. The number of rotatable bonds is 3. The van der Waals surface area contributed by atoms with E-state index < -0.39 is 11.4 Å². The van der Waals surface area contributed by atoms with Crippen LogP contribution in [0, 0.1) is 11.3 Å². The monoisotopic (exact) mass is 238 g/mol. The van der Waals surface area contributed by atoms with Crippen molar-refractivity contribution in [3.63, 3.8) is 0 Å². The molecule has 0 radical (unpaired) electrons. The second kappa shape index (κ2) is 4.51. The lowest BCUT2D eigenvalue weighted by Crippen LogP contribution is -2.30. The van der Waals surface area contributed by atoms with Crippen LogP contribution in [0.15, 0.2) is 11.6 Å². The molecule has 0 aromatic carbocycles. The van der Waals surface area contributed by atoms with Crippen LogP contribution in [-0.2, 0) is 14.3 Å². The van der Waals surface area contributed by atoms with Crippen LogP contribution >= 0.6 is 0 Å². The van der Waals surface area contributed by atoms with E-state index in [1.165, 1.54) is 6.08 Å². The maximum Gasteiger partial charge on any atom is 0.330 e. The van der Waals surface area contributed by atoms with Gasteiger partial charge in [0.25, 0.3) is 0 Å². The topological polar surface area (TPSA) is 63.6 Å². The largest absolute Gasteiger partial charge is 0.481 e. The van der Waals surface area contributed by atoms with Crippen molar-refractivity contribution in [3.8, 4) is 0 Å². The number of ether oxygens (including phenoxy) is 1. The van der Waals surface area contributed by atoms with Gasteiger partial charge >= 0.3 is 11.9 Å². The van der Waals surface area contributed by atoms with Crippen LogP contribution in [0.2, 0.25) is 0 Å². The maximum atomic E-state index is 11.4. The fraction of sp³-hybridized carbons (Fsp3) is 0.692. The molecular formula is C13H18O4. The van der Waals surface area contributed by atoms with Gasteiger partial charge in [0.2, 0.25) is 0 Å². The Morgan fingerprint density at radius 3 is 2.94 bits per heavy atom. The van der Waals surface area contributed by atoms with Crippen molar-refractivity contribution >= 4 is 11.9 Å². The number of esters is 1. The van der Waals surface area contributed by atoms with E-state index in [-0.39, 0.29) is 11.9 Å². The predicted molar refractivity (Wildman–Crippen MR) is 61.4 cm³/mol. The lowest BCUT2D eigenvalue weighted by molar-refractivity contribution is -0.150. The first kappa shape index (κ1) is 12.1. The number of carbonyl (C=O) groups excluding carboxylic acids is 1. The van der Waals surface area contributed by atoms with Crippen molar-refractivity contribution in [1.82, 2.24) is 0 Å². The number of aliphatic carboxylic acids is 1. The Bertz CT molecular complexity index is 372. The SMILES string of the molecule is CCOC(=O)C=C1CC2(C(=O)O)CCCC1C2. The van der Waals surface area contributed by atoms with Crippen molar-refractivity contribution < 1.29 is 19.4 Å². The summed E-state index contributed by atoms with van der Waals surface area (Å²) in [4.78, 5) is 22.8. The molecule has 2 bridgehead atoms. The van der Waals surface area contributed by atoms with E-state index >= 15 is 0 Å². The van der Waals surface area contributed by atoms with E-state index in [0.29, 0.717) is 19.4 Å². The second-order valence-electron chi connectivity index (χ2n) is 5.03. The average molecular weight is 238 g/mol. The molecule has 4 heteroatoms. The fourth-order valence-electron chi connectivity index (χ4n) is 3.15. The molecule has 1 N–H and O–H groups in total. The minimum Gasteiger partial charge on any atom is -0.481 e. The molecule has 2 saturated carbocycles. The van der Waals surface area contributed by atoms with Crippen LogP contribution in [0.3, 0.4) is 0 Å². The van der Waals surface area contributed by atoms with E-state index in [0.717, 1.165) is 24.8 Å². The van der Waals surface area contributed by atoms with Gasteiger partial charge in [0, 0.05) is 6.08 Å². The zero-order chi connectivity index (χ0) is 12.5. The third-order valence-electron chi connectivity index (χ3n) is 3.96. The van der Waals surface area contributed by atoms with Gasteiger partial charge in [-0.3, -0.25) is 4.79 Å².